The second-order valence-corrected chi connectivity index (χ2v) is 6.20. The smallest absolute Gasteiger partial charge is 0.410 e. The van der Waals surface area contributed by atoms with Gasteiger partial charge in [-0.25, -0.2) is 4.79 Å². The fourth-order valence-corrected chi connectivity index (χ4v) is 2.35. The molecule has 0 radical (unpaired) electrons. The molecule has 1 aliphatic heterocycles. The van der Waals surface area contributed by atoms with E-state index in [1.807, 2.05) is 45.0 Å². The van der Waals surface area contributed by atoms with Gasteiger partial charge in [-0.1, -0.05) is 0 Å². The molecule has 6 nitrogen and oxygen atoms in total. The molecule has 0 spiro atoms. The minimum Gasteiger partial charge on any atom is -0.448 e. The maximum Gasteiger partial charge on any atom is 0.410 e. The Morgan fingerprint density at radius 1 is 1.32 bits per heavy atom. The average Bonchev–Trinajstić information content (AvgIpc) is 2.92. The first-order chi connectivity index (χ1) is 10.3. The first-order valence-electron chi connectivity index (χ1n) is 7.31. The summed E-state index contributed by atoms with van der Waals surface area (Å²) >= 11 is 0. The van der Waals surface area contributed by atoms with Crippen LogP contribution in [-0.4, -0.2) is 56.2 Å². The molecule has 1 fully saturated rings. The maximum absolute atomic E-state index is 12.2. The molecular formula is C16H23N3O3. The molecule has 6 heteroatoms. The SMILES string of the molecule is CN(C)c1ccc(C(=O)NCC(C)(C)N2CCOC2=O)cc1. The highest BCUT2D eigenvalue weighted by Gasteiger charge is 2.35. The number of benzene rings is 1. The van der Waals surface area contributed by atoms with Crippen LogP contribution in [0.5, 0.6) is 0 Å². The van der Waals surface area contributed by atoms with Crippen LogP contribution in [0.15, 0.2) is 24.3 Å². The Labute approximate surface area is 131 Å². The van der Waals surface area contributed by atoms with Crippen LogP contribution < -0.4 is 10.2 Å². The van der Waals surface area contributed by atoms with Gasteiger partial charge in [-0.3, -0.25) is 9.69 Å². The zero-order valence-electron chi connectivity index (χ0n) is 13.5. The van der Waals surface area contributed by atoms with Crippen molar-refractivity contribution in [2.75, 3.05) is 38.7 Å². The van der Waals surface area contributed by atoms with Crippen LogP contribution in [0.25, 0.3) is 0 Å². The zero-order valence-corrected chi connectivity index (χ0v) is 13.5. The Morgan fingerprint density at radius 2 is 1.95 bits per heavy atom. The molecular weight excluding hydrogens is 282 g/mol. The number of rotatable bonds is 5. The summed E-state index contributed by atoms with van der Waals surface area (Å²) in [7, 11) is 3.90. The minimum atomic E-state index is -0.479. The largest absolute Gasteiger partial charge is 0.448 e. The van der Waals surface area contributed by atoms with Crippen LogP contribution in [0.1, 0.15) is 24.2 Å². The zero-order chi connectivity index (χ0) is 16.3. The lowest BCUT2D eigenvalue weighted by Gasteiger charge is -2.33. The minimum absolute atomic E-state index is 0.147. The van der Waals surface area contributed by atoms with Gasteiger partial charge in [-0.15, -0.1) is 0 Å². The van der Waals surface area contributed by atoms with Gasteiger partial charge in [0.25, 0.3) is 5.91 Å². The van der Waals surface area contributed by atoms with E-state index in [0.29, 0.717) is 25.3 Å². The fourth-order valence-electron chi connectivity index (χ4n) is 2.35. The van der Waals surface area contributed by atoms with Crippen molar-refractivity contribution in [3.63, 3.8) is 0 Å². The highest BCUT2D eigenvalue weighted by atomic mass is 16.6. The van der Waals surface area contributed by atoms with E-state index in [1.54, 1.807) is 17.0 Å². The van der Waals surface area contributed by atoms with Crippen LogP contribution in [0.4, 0.5) is 10.5 Å². The van der Waals surface area contributed by atoms with Gasteiger partial charge in [-0.05, 0) is 38.1 Å². The van der Waals surface area contributed by atoms with Gasteiger partial charge in [0.15, 0.2) is 0 Å². The standard InChI is InChI=1S/C16H23N3O3/c1-16(2,19-9-10-22-15(19)21)11-17-14(20)12-5-7-13(8-6-12)18(3)4/h5-8H,9-11H2,1-4H3,(H,17,20). The van der Waals surface area contributed by atoms with Crippen molar-refractivity contribution in [3.8, 4) is 0 Å². The van der Waals surface area contributed by atoms with Gasteiger partial charge in [0.05, 0.1) is 12.1 Å². The number of hydrogen-bond acceptors (Lipinski definition) is 4. The molecule has 0 aromatic heterocycles. The molecule has 1 aromatic carbocycles. The third kappa shape index (κ3) is 3.50. The summed E-state index contributed by atoms with van der Waals surface area (Å²) in [5.74, 6) is -0.147. The van der Waals surface area contributed by atoms with Crippen LogP contribution >= 0.6 is 0 Å². The highest BCUT2D eigenvalue weighted by molar-refractivity contribution is 5.94. The molecule has 1 aromatic rings. The van der Waals surface area contributed by atoms with E-state index in [-0.39, 0.29) is 12.0 Å². The van der Waals surface area contributed by atoms with Crippen LogP contribution in [0.2, 0.25) is 0 Å². The lowest BCUT2D eigenvalue weighted by atomic mass is 10.0. The molecule has 0 saturated carbocycles. The molecule has 1 heterocycles. The van der Waals surface area contributed by atoms with Crippen molar-refractivity contribution in [2.45, 2.75) is 19.4 Å². The van der Waals surface area contributed by atoms with Crippen LogP contribution in [-0.2, 0) is 4.74 Å². The fraction of sp³-hybridized carbons (Fsp3) is 0.500. The molecule has 0 bridgehead atoms. The molecule has 1 N–H and O–H groups in total. The van der Waals surface area contributed by atoms with Crippen LogP contribution in [0.3, 0.4) is 0 Å². The molecule has 2 rings (SSSR count). The summed E-state index contributed by atoms with van der Waals surface area (Å²) in [6.07, 6.45) is -0.324. The monoisotopic (exact) mass is 305 g/mol. The normalized spacial score (nSPS) is 14.7. The Hall–Kier alpha value is -2.24. The molecule has 120 valence electrons. The van der Waals surface area contributed by atoms with Crippen molar-refractivity contribution in [2.24, 2.45) is 0 Å². The van der Waals surface area contributed by atoms with Gasteiger partial charge < -0.3 is 15.0 Å². The third-order valence-electron chi connectivity index (χ3n) is 3.82. The van der Waals surface area contributed by atoms with Crippen LogP contribution in [0, 0.1) is 0 Å². The number of carbonyl (C=O) groups excluding carboxylic acids is 2. The Kier molecular flexibility index (Phi) is 4.59. The first-order valence-corrected chi connectivity index (χ1v) is 7.31. The Balaban J connectivity index is 1.95. The first kappa shape index (κ1) is 16.1. The van der Waals surface area contributed by atoms with Gasteiger partial charge in [0.1, 0.15) is 6.61 Å². The highest BCUT2D eigenvalue weighted by Crippen LogP contribution is 2.19. The van der Waals surface area contributed by atoms with Crippen molar-refractivity contribution in [1.82, 2.24) is 10.2 Å². The summed E-state index contributed by atoms with van der Waals surface area (Å²) in [6.45, 7) is 5.15. The van der Waals surface area contributed by atoms with Gasteiger partial charge >= 0.3 is 6.09 Å². The second-order valence-electron chi connectivity index (χ2n) is 6.20. The summed E-state index contributed by atoms with van der Waals surface area (Å²) in [4.78, 5) is 27.5. The van der Waals surface area contributed by atoms with E-state index in [4.69, 9.17) is 4.74 Å². The molecule has 0 aliphatic carbocycles. The van der Waals surface area contributed by atoms with Gasteiger partial charge in [0, 0.05) is 31.9 Å². The summed E-state index contributed by atoms with van der Waals surface area (Å²) < 4.78 is 4.95. The van der Waals surface area contributed by atoms with Crippen molar-refractivity contribution in [3.05, 3.63) is 29.8 Å². The number of amides is 2. The molecule has 1 aliphatic rings. The van der Waals surface area contributed by atoms with Crippen molar-refractivity contribution < 1.29 is 14.3 Å². The van der Waals surface area contributed by atoms with E-state index in [1.165, 1.54) is 0 Å². The molecule has 22 heavy (non-hydrogen) atoms. The quantitative estimate of drug-likeness (QED) is 0.899. The van der Waals surface area contributed by atoms with Gasteiger partial charge in [0.2, 0.25) is 0 Å². The van der Waals surface area contributed by atoms with E-state index in [9.17, 15) is 9.59 Å². The number of ether oxygens (including phenoxy) is 1. The number of cyclic esters (lactones) is 1. The number of carbonyl (C=O) groups is 2. The summed E-state index contributed by atoms with van der Waals surface area (Å²) in [6, 6.07) is 7.39. The van der Waals surface area contributed by atoms with Crippen molar-refractivity contribution in [1.29, 1.82) is 0 Å². The predicted molar refractivity (Wildman–Crippen MR) is 85.2 cm³/mol. The Morgan fingerprint density at radius 3 is 2.45 bits per heavy atom. The van der Waals surface area contributed by atoms with E-state index >= 15 is 0 Å². The molecule has 0 unspecified atom stereocenters. The topological polar surface area (TPSA) is 61.9 Å². The lowest BCUT2D eigenvalue weighted by molar-refractivity contribution is 0.0903. The number of hydrogen-bond donors (Lipinski definition) is 1. The Bertz CT molecular complexity index is 552. The second kappa shape index (κ2) is 6.25. The summed E-state index contributed by atoms with van der Waals surface area (Å²) in [5.41, 5.74) is 1.16. The van der Waals surface area contributed by atoms with E-state index in [2.05, 4.69) is 5.32 Å². The number of nitrogens with one attached hydrogen (secondary N) is 1. The average molecular weight is 305 g/mol. The third-order valence-corrected chi connectivity index (χ3v) is 3.82. The molecule has 0 atom stereocenters. The van der Waals surface area contributed by atoms with Gasteiger partial charge in [-0.2, -0.15) is 0 Å². The van der Waals surface area contributed by atoms with E-state index < -0.39 is 5.54 Å². The molecule has 1 saturated heterocycles. The predicted octanol–water partition coefficient (Wildman–Crippen LogP) is 1.71. The maximum atomic E-state index is 12.2. The van der Waals surface area contributed by atoms with E-state index in [0.717, 1.165) is 5.69 Å². The van der Waals surface area contributed by atoms with Crippen molar-refractivity contribution >= 4 is 17.7 Å². The number of nitrogens with zero attached hydrogens (tertiary/aromatic N) is 2. The summed E-state index contributed by atoms with van der Waals surface area (Å²) in [5, 5.41) is 2.88. The molecule has 2 amide bonds. The lowest BCUT2D eigenvalue weighted by Crippen LogP contribution is -2.52. The number of anilines is 1.